The molecule has 1 heterocycles. The second-order valence-corrected chi connectivity index (χ2v) is 7.48. The number of benzene rings is 1. The van der Waals surface area contributed by atoms with Crippen molar-refractivity contribution in [3.8, 4) is 5.75 Å². The van der Waals surface area contributed by atoms with Crippen molar-refractivity contribution in [1.29, 1.82) is 0 Å². The molecule has 1 saturated heterocycles. The molecule has 1 aliphatic rings. The first kappa shape index (κ1) is 16.9. The van der Waals surface area contributed by atoms with Gasteiger partial charge in [0.1, 0.15) is 5.75 Å². The van der Waals surface area contributed by atoms with E-state index in [0.29, 0.717) is 5.92 Å². The van der Waals surface area contributed by atoms with Crippen LogP contribution < -0.4 is 4.74 Å². The van der Waals surface area contributed by atoms with Gasteiger partial charge in [0.25, 0.3) is 5.91 Å². The van der Waals surface area contributed by atoms with Gasteiger partial charge in [-0.3, -0.25) is 4.79 Å². The van der Waals surface area contributed by atoms with Gasteiger partial charge < -0.3 is 9.64 Å². The Morgan fingerprint density at radius 2 is 1.91 bits per heavy atom. The summed E-state index contributed by atoms with van der Waals surface area (Å²) in [5, 5.41) is 0. The zero-order valence-corrected chi connectivity index (χ0v) is 14.6. The summed E-state index contributed by atoms with van der Waals surface area (Å²) in [6.45, 7) is 12.3. The summed E-state index contributed by atoms with van der Waals surface area (Å²) >= 11 is 0. The molecule has 0 aromatic heterocycles. The van der Waals surface area contributed by atoms with Crippen LogP contribution in [-0.2, 0) is 4.79 Å². The molecular formula is C19H29NO2. The van der Waals surface area contributed by atoms with E-state index in [1.807, 2.05) is 30.0 Å². The summed E-state index contributed by atoms with van der Waals surface area (Å²) in [7, 11) is 0. The first-order valence-electron chi connectivity index (χ1n) is 8.34. The molecule has 1 amide bonds. The van der Waals surface area contributed by atoms with Crippen LogP contribution in [0.1, 0.15) is 58.9 Å². The number of para-hydroxylation sites is 1. The lowest BCUT2D eigenvalue weighted by atomic mass is 9.84. The zero-order valence-electron chi connectivity index (χ0n) is 14.6. The van der Waals surface area contributed by atoms with Crippen LogP contribution in [0.3, 0.4) is 0 Å². The van der Waals surface area contributed by atoms with E-state index in [-0.39, 0.29) is 11.3 Å². The van der Waals surface area contributed by atoms with E-state index in [9.17, 15) is 4.79 Å². The number of hydrogen-bond donors (Lipinski definition) is 0. The Labute approximate surface area is 134 Å². The number of nitrogens with zero attached hydrogens (tertiary/aromatic N) is 1. The summed E-state index contributed by atoms with van der Waals surface area (Å²) in [5.41, 5.74) is 1.37. The number of likely N-dealkylation sites (tertiary alicyclic amines) is 1. The third-order valence-electron chi connectivity index (χ3n) is 4.40. The molecule has 0 radical (unpaired) electrons. The van der Waals surface area contributed by atoms with Crippen molar-refractivity contribution in [1.82, 2.24) is 4.90 Å². The van der Waals surface area contributed by atoms with Gasteiger partial charge in [-0.2, -0.15) is 0 Å². The quantitative estimate of drug-likeness (QED) is 0.833. The molecule has 3 heteroatoms. The first-order chi connectivity index (χ1) is 10.3. The Morgan fingerprint density at radius 3 is 2.55 bits per heavy atom. The highest BCUT2D eigenvalue weighted by atomic mass is 16.5. The predicted octanol–water partition coefficient (Wildman–Crippen LogP) is 4.23. The Bertz CT molecular complexity index is 522. The number of carbonyl (C=O) groups excluding carboxylic acids is 1. The molecule has 2 rings (SSSR count). The smallest absolute Gasteiger partial charge is 0.263 e. The standard InChI is InChI=1S/C19H29NO2/c1-14(2)16-9-6-7-10-17(16)22-15(3)18(21)20-12-8-11-19(4,5)13-20/h6-7,9-10,14-15H,8,11-13H2,1-5H3. The largest absolute Gasteiger partial charge is 0.481 e. The van der Waals surface area contributed by atoms with Crippen LogP contribution in [-0.4, -0.2) is 30.0 Å². The van der Waals surface area contributed by atoms with Crippen LogP contribution in [0.5, 0.6) is 5.75 Å². The number of carbonyl (C=O) groups is 1. The van der Waals surface area contributed by atoms with Crippen LogP contribution in [0.25, 0.3) is 0 Å². The fourth-order valence-electron chi connectivity index (χ4n) is 3.17. The van der Waals surface area contributed by atoms with Gasteiger partial charge in [0.2, 0.25) is 0 Å². The predicted molar refractivity (Wildman–Crippen MR) is 90.2 cm³/mol. The van der Waals surface area contributed by atoms with Crippen molar-refractivity contribution in [2.75, 3.05) is 13.1 Å². The Hall–Kier alpha value is -1.51. The molecule has 1 aliphatic heterocycles. The van der Waals surface area contributed by atoms with Gasteiger partial charge >= 0.3 is 0 Å². The lowest BCUT2D eigenvalue weighted by Gasteiger charge is -2.39. The number of ether oxygens (including phenoxy) is 1. The minimum Gasteiger partial charge on any atom is -0.481 e. The van der Waals surface area contributed by atoms with Crippen molar-refractivity contribution >= 4 is 5.91 Å². The topological polar surface area (TPSA) is 29.5 Å². The SMILES string of the molecule is CC(Oc1ccccc1C(C)C)C(=O)N1CCCC(C)(C)C1. The Morgan fingerprint density at radius 1 is 1.23 bits per heavy atom. The summed E-state index contributed by atoms with van der Waals surface area (Å²) in [4.78, 5) is 14.6. The molecule has 122 valence electrons. The normalized spacial score (nSPS) is 19.1. The molecule has 22 heavy (non-hydrogen) atoms. The third-order valence-corrected chi connectivity index (χ3v) is 4.40. The van der Waals surface area contributed by atoms with Crippen molar-refractivity contribution in [3.05, 3.63) is 29.8 Å². The minimum absolute atomic E-state index is 0.103. The molecule has 1 aromatic rings. The van der Waals surface area contributed by atoms with Gasteiger partial charge in [-0.25, -0.2) is 0 Å². The van der Waals surface area contributed by atoms with Crippen molar-refractivity contribution in [2.24, 2.45) is 5.41 Å². The lowest BCUT2D eigenvalue weighted by molar-refractivity contribution is -0.141. The van der Waals surface area contributed by atoms with Gasteiger partial charge in [-0.1, -0.05) is 45.9 Å². The maximum Gasteiger partial charge on any atom is 0.263 e. The van der Waals surface area contributed by atoms with Crippen LogP contribution in [0.4, 0.5) is 0 Å². The molecule has 3 nitrogen and oxygen atoms in total. The third kappa shape index (κ3) is 4.02. The second kappa shape index (κ2) is 6.72. The minimum atomic E-state index is -0.436. The van der Waals surface area contributed by atoms with E-state index in [2.05, 4.69) is 33.8 Å². The molecule has 0 aliphatic carbocycles. The molecule has 1 aromatic carbocycles. The fourth-order valence-corrected chi connectivity index (χ4v) is 3.17. The zero-order chi connectivity index (χ0) is 16.3. The van der Waals surface area contributed by atoms with E-state index >= 15 is 0 Å². The molecule has 0 spiro atoms. The number of amides is 1. The average molecular weight is 303 g/mol. The Kier molecular flexibility index (Phi) is 5.15. The summed E-state index contributed by atoms with van der Waals surface area (Å²) in [6, 6.07) is 8.00. The monoisotopic (exact) mass is 303 g/mol. The maximum absolute atomic E-state index is 12.7. The number of hydrogen-bond acceptors (Lipinski definition) is 2. The van der Waals surface area contributed by atoms with Crippen molar-refractivity contribution < 1.29 is 9.53 Å². The van der Waals surface area contributed by atoms with Gasteiger partial charge in [0.05, 0.1) is 0 Å². The van der Waals surface area contributed by atoms with E-state index < -0.39 is 6.10 Å². The number of rotatable bonds is 4. The summed E-state index contributed by atoms with van der Waals surface area (Å²) in [5.74, 6) is 1.31. The molecule has 0 saturated carbocycles. The molecule has 0 N–H and O–H groups in total. The number of piperidine rings is 1. The van der Waals surface area contributed by atoms with Crippen molar-refractivity contribution in [3.63, 3.8) is 0 Å². The van der Waals surface area contributed by atoms with Gasteiger partial charge in [0, 0.05) is 13.1 Å². The van der Waals surface area contributed by atoms with Gasteiger partial charge in [-0.15, -0.1) is 0 Å². The van der Waals surface area contributed by atoms with Gasteiger partial charge in [0.15, 0.2) is 6.10 Å². The summed E-state index contributed by atoms with van der Waals surface area (Å²) in [6.07, 6.45) is 1.82. The second-order valence-electron chi connectivity index (χ2n) is 7.48. The fraction of sp³-hybridized carbons (Fsp3) is 0.632. The van der Waals surface area contributed by atoms with Crippen LogP contribution in [0.15, 0.2) is 24.3 Å². The van der Waals surface area contributed by atoms with E-state index in [1.165, 1.54) is 6.42 Å². The van der Waals surface area contributed by atoms with E-state index in [1.54, 1.807) is 0 Å². The molecule has 0 bridgehead atoms. The average Bonchev–Trinajstić information content (AvgIpc) is 2.45. The van der Waals surface area contributed by atoms with Crippen LogP contribution in [0.2, 0.25) is 0 Å². The molecule has 1 fully saturated rings. The van der Waals surface area contributed by atoms with Crippen molar-refractivity contribution in [2.45, 2.75) is 59.5 Å². The highest BCUT2D eigenvalue weighted by Gasteiger charge is 2.32. The Balaban J connectivity index is 2.06. The van der Waals surface area contributed by atoms with Gasteiger partial charge in [-0.05, 0) is 42.7 Å². The first-order valence-corrected chi connectivity index (χ1v) is 8.34. The lowest BCUT2D eigenvalue weighted by Crippen LogP contribution is -2.48. The highest BCUT2D eigenvalue weighted by molar-refractivity contribution is 5.81. The van der Waals surface area contributed by atoms with Crippen LogP contribution >= 0.6 is 0 Å². The molecule has 1 unspecified atom stereocenters. The highest BCUT2D eigenvalue weighted by Crippen LogP contribution is 2.30. The summed E-state index contributed by atoms with van der Waals surface area (Å²) < 4.78 is 6.00. The molecular weight excluding hydrogens is 274 g/mol. The van der Waals surface area contributed by atoms with Crippen LogP contribution in [0, 0.1) is 5.41 Å². The maximum atomic E-state index is 12.7. The molecule has 1 atom stereocenters. The van der Waals surface area contributed by atoms with E-state index in [4.69, 9.17) is 4.74 Å². The van der Waals surface area contributed by atoms with E-state index in [0.717, 1.165) is 30.8 Å².